The van der Waals surface area contributed by atoms with Crippen LogP contribution in [-0.2, 0) is 6.61 Å². The predicted octanol–water partition coefficient (Wildman–Crippen LogP) is 4.46. The summed E-state index contributed by atoms with van der Waals surface area (Å²) in [6, 6.07) is 12.3. The van der Waals surface area contributed by atoms with Crippen LogP contribution in [0.5, 0.6) is 5.75 Å². The quantitative estimate of drug-likeness (QED) is 0.690. The Bertz CT molecular complexity index is 716. The van der Waals surface area contributed by atoms with E-state index in [9.17, 15) is 4.39 Å². The van der Waals surface area contributed by atoms with E-state index in [0.29, 0.717) is 12.2 Å². The lowest BCUT2D eigenvalue weighted by Crippen LogP contribution is -1.94. The van der Waals surface area contributed by atoms with E-state index in [-0.39, 0.29) is 5.82 Å². The van der Waals surface area contributed by atoms with Gasteiger partial charge in [-0.3, -0.25) is 0 Å². The molecule has 0 aliphatic rings. The molecule has 0 fully saturated rings. The molecule has 96 valence electrons. The van der Waals surface area contributed by atoms with E-state index in [1.165, 1.54) is 12.1 Å². The third kappa shape index (κ3) is 2.45. The average Bonchev–Trinajstić information content (AvgIpc) is 2.79. The number of furan rings is 1. The molecular formula is C16H13FO2. The summed E-state index contributed by atoms with van der Waals surface area (Å²) in [5, 5.41) is 0.757. The molecule has 0 N–H and O–H groups in total. The summed E-state index contributed by atoms with van der Waals surface area (Å²) in [4.78, 5) is 0. The summed E-state index contributed by atoms with van der Waals surface area (Å²) in [7, 11) is 0. The number of fused-ring (bicyclic) bond motifs is 1. The molecule has 3 rings (SSSR count). The van der Waals surface area contributed by atoms with E-state index in [4.69, 9.17) is 9.15 Å². The first kappa shape index (κ1) is 11.8. The lowest BCUT2D eigenvalue weighted by Gasteiger charge is -2.05. The molecule has 0 bridgehead atoms. The maximum atomic E-state index is 13.2. The molecule has 2 aromatic carbocycles. The fourth-order valence-electron chi connectivity index (χ4n) is 2.03. The highest BCUT2D eigenvalue weighted by Gasteiger charge is 2.07. The molecule has 0 amide bonds. The fourth-order valence-corrected chi connectivity index (χ4v) is 2.03. The Morgan fingerprint density at radius 2 is 2.05 bits per heavy atom. The number of halogens is 1. The van der Waals surface area contributed by atoms with Crippen LogP contribution in [0.15, 0.2) is 53.1 Å². The van der Waals surface area contributed by atoms with E-state index >= 15 is 0 Å². The Labute approximate surface area is 110 Å². The molecule has 0 aliphatic carbocycles. The second kappa shape index (κ2) is 4.76. The van der Waals surface area contributed by atoms with Gasteiger partial charge in [0.05, 0.1) is 6.26 Å². The van der Waals surface area contributed by atoms with Crippen molar-refractivity contribution in [3.63, 3.8) is 0 Å². The molecule has 2 nitrogen and oxygen atoms in total. The first-order chi connectivity index (χ1) is 9.22. The van der Waals surface area contributed by atoms with Crippen molar-refractivity contribution in [2.75, 3.05) is 0 Å². The second-order valence-corrected chi connectivity index (χ2v) is 4.51. The van der Waals surface area contributed by atoms with Gasteiger partial charge in [-0.1, -0.05) is 12.1 Å². The smallest absolute Gasteiger partial charge is 0.134 e. The molecule has 19 heavy (non-hydrogen) atoms. The highest BCUT2D eigenvalue weighted by Crippen LogP contribution is 2.23. The van der Waals surface area contributed by atoms with Crippen LogP contribution < -0.4 is 4.74 Å². The van der Waals surface area contributed by atoms with Crippen molar-refractivity contribution in [3.8, 4) is 5.75 Å². The molecule has 0 aliphatic heterocycles. The maximum absolute atomic E-state index is 13.2. The minimum atomic E-state index is -0.272. The van der Waals surface area contributed by atoms with E-state index < -0.39 is 0 Å². The van der Waals surface area contributed by atoms with Crippen molar-refractivity contribution in [1.29, 1.82) is 0 Å². The third-order valence-corrected chi connectivity index (χ3v) is 3.00. The molecule has 0 spiro atoms. The molecule has 3 aromatic rings. The van der Waals surface area contributed by atoms with Gasteiger partial charge in [0.1, 0.15) is 23.8 Å². The zero-order valence-electron chi connectivity index (χ0n) is 10.5. The van der Waals surface area contributed by atoms with Crippen molar-refractivity contribution in [2.45, 2.75) is 13.5 Å². The lowest BCUT2D eigenvalue weighted by molar-refractivity contribution is 0.306. The zero-order valence-corrected chi connectivity index (χ0v) is 10.5. The van der Waals surface area contributed by atoms with Crippen LogP contribution in [0.25, 0.3) is 11.0 Å². The Kier molecular flexibility index (Phi) is 2.95. The molecule has 3 heteroatoms. The van der Waals surface area contributed by atoms with Gasteiger partial charge < -0.3 is 9.15 Å². The molecule has 0 atom stereocenters. The standard InChI is InChI=1S/C16H13FO2/c1-11-3-2-4-14(7-11)18-9-12-10-19-16-6-5-13(17)8-15(12)16/h2-8,10H,9H2,1H3. The van der Waals surface area contributed by atoms with Crippen LogP contribution in [0.4, 0.5) is 4.39 Å². The lowest BCUT2D eigenvalue weighted by atomic mass is 10.2. The van der Waals surface area contributed by atoms with Gasteiger partial charge in [0.25, 0.3) is 0 Å². The summed E-state index contributed by atoms with van der Waals surface area (Å²) >= 11 is 0. The third-order valence-electron chi connectivity index (χ3n) is 3.00. The van der Waals surface area contributed by atoms with E-state index in [1.807, 2.05) is 31.2 Å². The Hall–Kier alpha value is -2.29. The van der Waals surface area contributed by atoms with Gasteiger partial charge in [-0.2, -0.15) is 0 Å². The minimum absolute atomic E-state index is 0.272. The van der Waals surface area contributed by atoms with E-state index in [2.05, 4.69) is 0 Å². The van der Waals surface area contributed by atoms with Crippen molar-refractivity contribution in [1.82, 2.24) is 0 Å². The number of rotatable bonds is 3. The van der Waals surface area contributed by atoms with Gasteiger partial charge in [0.2, 0.25) is 0 Å². The topological polar surface area (TPSA) is 22.4 Å². The number of benzene rings is 2. The normalized spacial score (nSPS) is 10.8. The van der Waals surface area contributed by atoms with Crippen LogP contribution in [0.2, 0.25) is 0 Å². The molecule has 0 radical (unpaired) electrons. The van der Waals surface area contributed by atoms with Gasteiger partial charge in [0.15, 0.2) is 0 Å². The van der Waals surface area contributed by atoms with Gasteiger partial charge in [-0.25, -0.2) is 4.39 Å². The SMILES string of the molecule is Cc1cccc(OCc2coc3ccc(F)cc23)c1. The van der Waals surface area contributed by atoms with Crippen LogP contribution in [0.3, 0.4) is 0 Å². The highest BCUT2D eigenvalue weighted by atomic mass is 19.1. The summed E-state index contributed by atoms with van der Waals surface area (Å²) in [6.07, 6.45) is 1.61. The van der Waals surface area contributed by atoms with Crippen LogP contribution in [0, 0.1) is 12.7 Å². The van der Waals surface area contributed by atoms with Crippen LogP contribution in [-0.4, -0.2) is 0 Å². The minimum Gasteiger partial charge on any atom is -0.489 e. The molecule has 0 saturated heterocycles. The first-order valence-corrected chi connectivity index (χ1v) is 6.07. The monoisotopic (exact) mass is 256 g/mol. The first-order valence-electron chi connectivity index (χ1n) is 6.07. The molecule has 1 aromatic heterocycles. The molecule has 0 saturated carbocycles. The van der Waals surface area contributed by atoms with Crippen LogP contribution in [0.1, 0.15) is 11.1 Å². The number of ether oxygens (including phenoxy) is 1. The van der Waals surface area contributed by atoms with Crippen molar-refractivity contribution in [3.05, 3.63) is 65.7 Å². The van der Waals surface area contributed by atoms with Gasteiger partial charge >= 0.3 is 0 Å². The van der Waals surface area contributed by atoms with Gasteiger partial charge in [-0.15, -0.1) is 0 Å². The Morgan fingerprint density at radius 3 is 2.89 bits per heavy atom. The van der Waals surface area contributed by atoms with Gasteiger partial charge in [-0.05, 0) is 42.8 Å². The number of hydrogen-bond acceptors (Lipinski definition) is 2. The number of aryl methyl sites for hydroxylation is 1. The average molecular weight is 256 g/mol. The largest absolute Gasteiger partial charge is 0.489 e. The summed E-state index contributed by atoms with van der Waals surface area (Å²) in [5.74, 6) is 0.524. The zero-order chi connectivity index (χ0) is 13.2. The molecule has 1 heterocycles. The maximum Gasteiger partial charge on any atom is 0.134 e. The second-order valence-electron chi connectivity index (χ2n) is 4.51. The summed E-state index contributed by atoms with van der Waals surface area (Å²) < 4.78 is 24.3. The van der Waals surface area contributed by atoms with Crippen LogP contribution >= 0.6 is 0 Å². The Morgan fingerprint density at radius 1 is 1.16 bits per heavy atom. The molecular weight excluding hydrogens is 243 g/mol. The summed E-state index contributed by atoms with van der Waals surface area (Å²) in [5.41, 5.74) is 2.65. The van der Waals surface area contributed by atoms with Crippen molar-refractivity contribution >= 4 is 11.0 Å². The Balaban J connectivity index is 1.84. The van der Waals surface area contributed by atoms with Gasteiger partial charge in [0, 0.05) is 10.9 Å². The van der Waals surface area contributed by atoms with E-state index in [0.717, 1.165) is 22.3 Å². The number of hydrogen-bond donors (Lipinski definition) is 0. The predicted molar refractivity (Wildman–Crippen MR) is 71.7 cm³/mol. The van der Waals surface area contributed by atoms with Crippen molar-refractivity contribution < 1.29 is 13.5 Å². The van der Waals surface area contributed by atoms with Crippen molar-refractivity contribution in [2.24, 2.45) is 0 Å². The highest BCUT2D eigenvalue weighted by molar-refractivity contribution is 5.80. The fraction of sp³-hybridized carbons (Fsp3) is 0.125. The molecule has 0 unspecified atom stereocenters. The van der Waals surface area contributed by atoms with E-state index in [1.54, 1.807) is 12.3 Å². The summed E-state index contributed by atoms with van der Waals surface area (Å²) in [6.45, 7) is 2.37.